The molecule has 0 fully saturated rings. The fraction of sp³-hybridized carbons (Fsp3) is 0.333. The van der Waals surface area contributed by atoms with E-state index in [1.54, 1.807) is 66.4 Å². The molecule has 33 heavy (non-hydrogen) atoms. The van der Waals surface area contributed by atoms with Crippen LogP contribution in [0.4, 0.5) is 0 Å². The molecule has 4 aromatic rings. The first-order valence-electron chi connectivity index (χ1n) is 9.78. The average molecular weight is 449 g/mol. The van der Waals surface area contributed by atoms with Crippen LogP contribution in [0.2, 0.25) is 0 Å². The molecule has 0 aromatic carbocycles. The SMILES string of the molecule is C.CC(=O)c1cc2c(C)cn(C)c(=O)c2n1C.CC(=O)c1cc2ccn(C)c(=O)c2n1C.[B]. The monoisotopic (exact) mass is 449 g/mol. The summed E-state index contributed by atoms with van der Waals surface area (Å²) in [6.45, 7) is 4.94. The molecule has 0 amide bonds. The molecule has 0 aliphatic rings. The van der Waals surface area contributed by atoms with E-state index in [-0.39, 0.29) is 38.5 Å². The lowest BCUT2D eigenvalue weighted by Crippen LogP contribution is -2.19. The smallest absolute Gasteiger partial charge is 0.274 e. The van der Waals surface area contributed by atoms with Crippen molar-refractivity contribution in [2.75, 3.05) is 0 Å². The first-order valence-corrected chi connectivity index (χ1v) is 9.78. The fourth-order valence-electron chi connectivity index (χ4n) is 3.87. The van der Waals surface area contributed by atoms with Crippen LogP contribution in [0.15, 0.2) is 40.2 Å². The summed E-state index contributed by atoms with van der Waals surface area (Å²) in [5, 5.41) is 1.67. The molecule has 0 aliphatic heterocycles. The summed E-state index contributed by atoms with van der Waals surface area (Å²) in [5.74, 6) is -0.0593. The first-order chi connectivity index (χ1) is 14.5. The summed E-state index contributed by atoms with van der Waals surface area (Å²) >= 11 is 0. The summed E-state index contributed by atoms with van der Waals surface area (Å²) in [6, 6.07) is 5.37. The molecule has 0 N–H and O–H groups in total. The van der Waals surface area contributed by atoms with Crippen LogP contribution in [-0.4, -0.2) is 38.2 Å². The van der Waals surface area contributed by atoms with Gasteiger partial charge in [0.15, 0.2) is 11.6 Å². The van der Waals surface area contributed by atoms with Crippen molar-refractivity contribution in [3.8, 4) is 0 Å². The standard InChI is InChI=1S/C12H14N2O2.C11H12N2O2.CH4.B/c1-7-6-13(3)12(16)11-9(7)5-10(8(2)15)14(11)4;1-7(14)9-6-8-4-5-12(2)11(15)10(8)13(9)3;;/h5-6H,1-4H3;4-6H,1-3H3;1H4;. The highest BCUT2D eigenvalue weighted by atomic mass is 16.1. The number of Topliss-reactive ketones (excluding diaryl/α,β-unsaturated/α-hetero) is 2. The Bertz CT molecular complexity index is 1480. The Morgan fingerprint density at radius 1 is 0.788 bits per heavy atom. The van der Waals surface area contributed by atoms with Gasteiger partial charge in [-0.1, -0.05) is 7.43 Å². The van der Waals surface area contributed by atoms with E-state index < -0.39 is 0 Å². The van der Waals surface area contributed by atoms with Crippen molar-refractivity contribution in [1.29, 1.82) is 0 Å². The third-order valence-electron chi connectivity index (χ3n) is 5.55. The first kappa shape index (κ1) is 27.4. The third-order valence-corrected chi connectivity index (χ3v) is 5.55. The van der Waals surface area contributed by atoms with Gasteiger partial charge >= 0.3 is 0 Å². The Hall–Kier alpha value is -3.62. The summed E-state index contributed by atoms with van der Waals surface area (Å²) < 4.78 is 6.38. The Morgan fingerprint density at radius 3 is 1.82 bits per heavy atom. The Balaban J connectivity index is 0.000000312. The molecular weight excluding hydrogens is 419 g/mol. The molecule has 9 heteroatoms. The van der Waals surface area contributed by atoms with Gasteiger partial charge in [-0.15, -0.1) is 0 Å². The second kappa shape index (κ2) is 9.89. The zero-order valence-electron chi connectivity index (χ0n) is 19.4. The van der Waals surface area contributed by atoms with E-state index in [1.807, 2.05) is 13.0 Å². The van der Waals surface area contributed by atoms with Crippen molar-refractivity contribution >= 4 is 41.8 Å². The highest BCUT2D eigenvalue weighted by Gasteiger charge is 2.15. The number of fused-ring (bicyclic) bond motifs is 2. The molecule has 0 bridgehead atoms. The van der Waals surface area contributed by atoms with Crippen molar-refractivity contribution in [2.24, 2.45) is 28.2 Å². The minimum Gasteiger partial charge on any atom is -0.337 e. The molecule has 4 aromatic heterocycles. The van der Waals surface area contributed by atoms with Gasteiger partial charge < -0.3 is 18.3 Å². The lowest BCUT2D eigenvalue weighted by molar-refractivity contribution is 0.0997. The molecular formula is C24H30BN4O4. The minimum atomic E-state index is -0.0810. The predicted molar refractivity (Wildman–Crippen MR) is 134 cm³/mol. The zero-order chi connectivity index (χ0) is 23.2. The summed E-state index contributed by atoms with van der Waals surface area (Å²) in [6.07, 6.45) is 3.49. The van der Waals surface area contributed by atoms with E-state index in [0.717, 1.165) is 16.3 Å². The number of nitrogens with zero attached hydrogens (tertiary/aromatic N) is 4. The Morgan fingerprint density at radius 2 is 1.27 bits per heavy atom. The van der Waals surface area contributed by atoms with Crippen LogP contribution in [0.3, 0.4) is 0 Å². The molecule has 8 nitrogen and oxygen atoms in total. The molecule has 0 saturated carbocycles. The number of aryl methyl sites for hydroxylation is 5. The summed E-state index contributed by atoms with van der Waals surface area (Å²) in [7, 11) is 6.90. The normalized spacial score (nSPS) is 10.3. The number of carbonyl (C=O) groups excluding carboxylic acids is 2. The summed E-state index contributed by atoms with van der Waals surface area (Å²) in [5.41, 5.74) is 3.14. The number of rotatable bonds is 2. The van der Waals surface area contributed by atoms with Crippen molar-refractivity contribution in [1.82, 2.24) is 18.3 Å². The number of hydrogen-bond donors (Lipinski definition) is 0. The van der Waals surface area contributed by atoms with Gasteiger partial charge in [0.1, 0.15) is 11.0 Å². The van der Waals surface area contributed by atoms with E-state index in [9.17, 15) is 19.2 Å². The van der Waals surface area contributed by atoms with Gasteiger partial charge in [0, 0.05) is 73.6 Å². The van der Waals surface area contributed by atoms with Crippen molar-refractivity contribution in [2.45, 2.75) is 28.2 Å². The van der Waals surface area contributed by atoms with Crippen LogP contribution in [0.25, 0.3) is 21.8 Å². The van der Waals surface area contributed by atoms with Gasteiger partial charge in [0.05, 0.1) is 11.4 Å². The highest BCUT2D eigenvalue weighted by molar-refractivity contribution is 5.99. The average Bonchev–Trinajstić information content (AvgIpc) is 3.22. The molecule has 4 heterocycles. The quantitative estimate of drug-likeness (QED) is 0.348. The maximum absolute atomic E-state index is 12.0. The van der Waals surface area contributed by atoms with E-state index >= 15 is 0 Å². The van der Waals surface area contributed by atoms with Gasteiger partial charge in [-0.05, 0) is 30.7 Å². The van der Waals surface area contributed by atoms with E-state index in [2.05, 4.69) is 0 Å². The van der Waals surface area contributed by atoms with Gasteiger partial charge in [0.2, 0.25) is 0 Å². The molecule has 0 spiro atoms. The number of carbonyl (C=O) groups is 2. The van der Waals surface area contributed by atoms with Gasteiger partial charge in [-0.2, -0.15) is 0 Å². The van der Waals surface area contributed by atoms with Crippen molar-refractivity contribution in [3.63, 3.8) is 0 Å². The number of aromatic nitrogens is 4. The van der Waals surface area contributed by atoms with Gasteiger partial charge in [-0.3, -0.25) is 19.2 Å². The lowest BCUT2D eigenvalue weighted by Gasteiger charge is -2.03. The van der Waals surface area contributed by atoms with Crippen LogP contribution >= 0.6 is 0 Å². The summed E-state index contributed by atoms with van der Waals surface area (Å²) in [4.78, 5) is 46.5. The van der Waals surface area contributed by atoms with Crippen LogP contribution < -0.4 is 11.1 Å². The van der Waals surface area contributed by atoms with Crippen LogP contribution in [0, 0.1) is 6.92 Å². The van der Waals surface area contributed by atoms with Crippen molar-refractivity contribution in [3.05, 3.63) is 68.3 Å². The second-order valence-corrected chi connectivity index (χ2v) is 7.82. The highest BCUT2D eigenvalue weighted by Crippen LogP contribution is 2.19. The minimum absolute atomic E-state index is 0. The molecule has 0 aliphatic carbocycles. The maximum atomic E-state index is 12.0. The van der Waals surface area contributed by atoms with Crippen molar-refractivity contribution < 1.29 is 9.59 Å². The topological polar surface area (TPSA) is 88.0 Å². The molecule has 0 atom stereocenters. The van der Waals surface area contributed by atoms with E-state index in [0.29, 0.717) is 22.4 Å². The van der Waals surface area contributed by atoms with Crippen LogP contribution in [0.5, 0.6) is 0 Å². The number of pyridine rings is 2. The Kier molecular flexibility index (Phi) is 8.22. The third kappa shape index (κ3) is 4.62. The van der Waals surface area contributed by atoms with Crippen LogP contribution in [0.1, 0.15) is 47.8 Å². The molecule has 0 unspecified atom stereocenters. The molecule has 0 saturated heterocycles. The fourth-order valence-corrected chi connectivity index (χ4v) is 3.87. The maximum Gasteiger partial charge on any atom is 0.274 e. The zero-order valence-corrected chi connectivity index (χ0v) is 19.4. The molecule has 3 radical (unpaired) electrons. The van der Waals surface area contributed by atoms with Gasteiger partial charge in [-0.25, -0.2) is 0 Å². The lowest BCUT2D eigenvalue weighted by atomic mass is 10.2. The molecule has 173 valence electrons. The number of hydrogen-bond acceptors (Lipinski definition) is 4. The predicted octanol–water partition coefficient (Wildman–Crippen LogP) is 2.72. The van der Waals surface area contributed by atoms with Crippen LogP contribution in [-0.2, 0) is 28.2 Å². The van der Waals surface area contributed by atoms with Gasteiger partial charge in [0.25, 0.3) is 11.1 Å². The Labute approximate surface area is 194 Å². The largest absolute Gasteiger partial charge is 0.337 e. The second-order valence-electron chi connectivity index (χ2n) is 7.82. The molecule has 4 rings (SSSR count). The number of ketones is 2. The van der Waals surface area contributed by atoms with E-state index in [4.69, 9.17) is 0 Å². The van der Waals surface area contributed by atoms with E-state index in [1.165, 1.54) is 18.4 Å².